The third-order valence-corrected chi connectivity index (χ3v) is 8.31. The molecule has 2 fully saturated rings. The molecular formula is C17H23ClN2O3S2. The Kier molecular flexibility index (Phi) is 6.30. The van der Waals surface area contributed by atoms with Gasteiger partial charge in [-0.25, -0.2) is 8.42 Å². The van der Waals surface area contributed by atoms with Gasteiger partial charge in [0.1, 0.15) is 0 Å². The lowest BCUT2D eigenvalue weighted by Crippen LogP contribution is -2.51. The van der Waals surface area contributed by atoms with E-state index in [0.717, 1.165) is 0 Å². The molecular weight excluding hydrogens is 380 g/mol. The van der Waals surface area contributed by atoms with Crippen molar-refractivity contribution in [1.29, 1.82) is 0 Å². The SMILES string of the molecule is O=C(CSC1CCCC1)N1CCN(S(=O)(=O)c2ccc(Cl)cc2)CC1. The summed E-state index contributed by atoms with van der Waals surface area (Å²) in [6, 6.07) is 6.20. The fourth-order valence-corrected chi connectivity index (χ4v) is 6.04. The monoisotopic (exact) mass is 402 g/mol. The van der Waals surface area contributed by atoms with Crippen LogP contribution in [0.2, 0.25) is 5.02 Å². The summed E-state index contributed by atoms with van der Waals surface area (Å²) in [4.78, 5) is 14.4. The number of carbonyl (C=O) groups excluding carboxylic acids is 1. The van der Waals surface area contributed by atoms with Crippen molar-refractivity contribution in [3.8, 4) is 0 Å². The van der Waals surface area contributed by atoms with Crippen LogP contribution in [0, 0.1) is 0 Å². The normalized spacial score (nSPS) is 20.1. The first-order chi connectivity index (χ1) is 12.0. The molecule has 1 saturated carbocycles. The lowest BCUT2D eigenvalue weighted by atomic mass is 10.3. The van der Waals surface area contributed by atoms with E-state index in [9.17, 15) is 13.2 Å². The predicted octanol–water partition coefficient (Wildman–Crippen LogP) is 2.85. The minimum Gasteiger partial charge on any atom is -0.339 e. The van der Waals surface area contributed by atoms with Gasteiger partial charge in [0.25, 0.3) is 0 Å². The molecule has 2 aliphatic rings. The van der Waals surface area contributed by atoms with Crippen molar-refractivity contribution in [2.24, 2.45) is 0 Å². The molecule has 1 amide bonds. The van der Waals surface area contributed by atoms with Crippen LogP contribution >= 0.6 is 23.4 Å². The molecule has 1 saturated heterocycles. The largest absolute Gasteiger partial charge is 0.339 e. The van der Waals surface area contributed by atoms with Crippen molar-refractivity contribution in [3.05, 3.63) is 29.3 Å². The summed E-state index contributed by atoms with van der Waals surface area (Å²) >= 11 is 7.58. The summed E-state index contributed by atoms with van der Waals surface area (Å²) in [6.45, 7) is 1.59. The topological polar surface area (TPSA) is 57.7 Å². The van der Waals surface area contributed by atoms with Gasteiger partial charge in [-0.05, 0) is 37.1 Å². The quantitative estimate of drug-likeness (QED) is 0.759. The maximum atomic E-state index is 12.7. The zero-order chi connectivity index (χ0) is 17.9. The second-order valence-electron chi connectivity index (χ2n) is 6.46. The van der Waals surface area contributed by atoms with Crippen molar-refractivity contribution in [3.63, 3.8) is 0 Å². The zero-order valence-electron chi connectivity index (χ0n) is 14.1. The van der Waals surface area contributed by atoms with E-state index < -0.39 is 10.0 Å². The van der Waals surface area contributed by atoms with Crippen LogP contribution in [0.4, 0.5) is 0 Å². The van der Waals surface area contributed by atoms with Gasteiger partial charge in [0.15, 0.2) is 0 Å². The fraction of sp³-hybridized carbons (Fsp3) is 0.588. The van der Waals surface area contributed by atoms with Gasteiger partial charge in [0.05, 0.1) is 10.6 Å². The Bertz CT molecular complexity index is 695. The van der Waals surface area contributed by atoms with Crippen LogP contribution in [0.3, 0.4) is 0 Å². The highest BCUT2D eigenvalue weighted by Gasteiger charge is 2.30. The highest BCUT2D eigenvalue weighted by Crippen LogP contribution is 2.29. The van der Waals surface area contributed by atoms with E-state index in [2.05, 4.69) is 0 Å². The molecule has 0 N–H and O–H groups in total. The van der Waals surface area contributed by atoms with Crippen molar-refractivity contribution in [1.82, 2.24) is 9.21 Å². The molecule has 0 bridgehead atoms. The molecule has 0 aromatic heterocycles. The molecule has 138 valence electrons. The van der Waals surface area contributed by atoms with Crippen LogP contribution in [-0.2, 0) is 14.8 Å². The summed E-state index contributed by atoms with van der Waals surface area (Å²) in [5.41, 5.74) is 0. The molecule has 0 radical (unpaired) electrons. The number of sulfonamides is 1. The van der Waals surface area contributed by atoms with Crippen LogP contribution < -0.4 is 0 Å². The molecule has 1 aromatic rings. The highest BCUT2D eigenvalue weighted by molar-refractivity contribution is 8.00. The maximum absolute atomic E-state index is 12.7. The van der Waals surface area contributed by atoms with Crippen molar-refractivity contribution in [2.45, 2.75) is 35.8 Å². The summed E-state index contributed by atoms with van der Waals surface area (Å²) in [7, 11) is -3.52. The Morgan fingerprint density at radius 1 is 1.08 bits per heavy atom. The number of amides is 1. The fourth-order valence-electron chi connectivity index (χ4n) is 3.27. The van der Waals surface area contributed by atoms with E-state index in [0.29, 0.717) is 42.2 Å². The minimum atomic E-state index is -3.52. The standard InChI is InChI=1S/C17H23ClN2O3S2/c18-14-5-7-16(8-6-14)25(22,23)20-11-9-19(10-12-20)17(21)13-24-15-3-1-2-4-15/h5-8,15H,1-4,9-13H2. The van der Waals surface area contributed by atoms with Crippen molar-refractivity contribution < 1.29 is 13.2 Å². The van der Waals surface area contributed by atoms with Gasteiger partial charge in [-0.2, -0.15) is 4.31 Å². The van der Waals surface area contributed by atoms with Gasteiger partial charge in [-0.3, -0.25) is 4.79 Å². The van der Waals surface area contributed by atoms with Gasteiger partial charge >= 0.3 is 0 Å². The van der Waals surface area contributed by atoms with Gasteiger partial charge in [-0.1, -0.05) is 24.4 Å². The smallest absolute Gasteiger partial charge is 0.243 e. The average Bonchev–Trinajstić information content (AvgIpc) is 3.14. The predicted molar refractivity (Wildman–Crippen MR) is 102 cm³/mol. The van der Waals surface area contributed by atoms with E-state index >= 15 is 0 Å². The molecule has 1 aliphatic carbocycles. The molecule has 0 spiro atoms. The van der Waals surface area contributed by atoms with E-state index in [1.54, 1.807) is 28.8 Å². The summed E-state index contributed by atoms with van der Waals surface area (Å²) in [5.74, 6) is 0.634. The summed E-state index contributed by atoms with van der Waals surface area (Å²) in [6.07, 6.45) is 4.97. The third-order valence-electron chi connectivity index (χ3n) is 4.79. The van der Waals surface area contributed by atoms with Gasteiger partial charge < -0.3 is 4.90 Å². The van der Waals surface area contributed by atoms with Crippen molar-refractivity contribution >= 4 is 39.3 Å². The van der Waals surface area contributed by atoms with E-state index in [1.165, 1.54) is 42.1 Å². The number of thioether (sulfide) groups is 1. The molecule has 0 atom stereocenters. The summed E-state index contributed by atoms with van der Waals surface area (Å²) in [5, 5.41) is 1.13. The average molecular weight is 403 g/mol. The van der Waals surface area contributed by atoms with Crippen LogP contribution in [0.1, 0.15) is 25.7 Å². The van der Waals surface area contributed by atoms with E-state index in [1.807, 2.05) is 0 Å². The zero-order valence-corrected chi connectivity index (χ0v) is 16.5. The van der Waals surface area contributed by atoms with E-state index in [4.69, 9.17) is 11.6 Å². The molecule has 5 nitrogen and oxygen atoms in total. The number of piperazine rings is 1. The van der Waals surface area contributed by atoms with Crippen LogP contribution in [0.15, 0.2) is 29.2 Å². The number of rotatable bonds is 5. The second kappa shape index (κ2) is 8.29. The Hall–Kier alpha value is -0.760. The Labute approximate surface area is 158 Å². The second-order valence-corrected chi connectivity index (χ2v) is 10.1. The lowest BCUT2D eigenvalue weighted by Gasteiger charge is -2.34. The van der Waals surface area contributed by atoms with Gasteiger partial charge in [-0.15, -0.1) is 11.8 Å². The number of nitrogens with zero attached hydrogens (tertiary/aromatic N) is 2. The van der Waals surface area contributed by atoms with Crippen LogP contribution in [0.5, 0.6) is 0 Å². The Balaban J connectivity index is 1.52. The van der Waals surface area contributed by atoms with Crippen LogP contribution in [0.25, 0.3) is 0 Å². The molecule has 1 aromatic carbocycles. The molecule has 25 heavy (non-hydrogen) atoms. The Morgan fingerprint density at radius 2 is 1.68 bits per heavy atom. The molecule has 8 heteroatoms. The molecule has 3 rings (SSSR count). The number of hydrogen-bond donors (Lipinski definition) is 0. The molecule has 1 heterocycles. The number of halogens is 1. The number of hydrogen-bond acceptors (Lipinski definition) is 4. The molecule has 1 aliphatic heterocycles. The van der Waals surface area contributed by atoms with Gasteiger partial charge in [0, 0.05) is 36.5 Å². The van der Waals surface area contributed by atoms with E-state index in [-0.39, 0.29) is 10.8 Å². The Morgan fingerprint density at radius 3 is 2.28 bits per heavy atom. The third kappa shape index (κ3) is 4.70. The van der Waals surface area contributed by atoms with Crippen molar-refractivity contribution in [2.75, 3.05) is 31.9 Å². The highest BCUT2D eigenvalue weighted by atomic mass is 35.5. The lowest BCUT2D eigenvalue weighted by molar-refractivity contribution is -0.129. The van der Waals surface area contributed by atoms with Gasteiger partial charge in [0.2, 0.25) is 15.9 Å². The summed E-state index contributed by atoms with van der Waals surface area (Å²) < 4.78 is 26.7. The number of benzene rings is 1. The van der Waals surface area contributed by atoms with Crippen LogP contribution in [-0.4, -0.2) is 60.7 Å². The first-order valence-corrected chi connectivity index (χ1v) is 11.5. The first kappa shape index (κ1) is 19.0. The maximum Gasteiger partial charge on any atom is 0.243 e. The number of carbonyl (C=O) groups is 1. The first-order valence-electron chi connectivity index (χ1n) is 8.62. The minimum absolute atomic E-state index is 0.125. The molecule has 0 unspecified atom stereocenters.